The molecule has 0 aliphatic carbocycles. The lowest BCUT2D eigenvalue weighted by molar-refractivity contribution is -0.161. The number of phosphoric acid groups is 1. The smallest absolute Gasteiger partial charge is 0.462 e. The van der Waals surface area contributed by atoms with E-state index in [2.05, 4.69) is 154 Å². The van der Waals surface area contributed by atoms with Gasteiger partial charge in [0.15, 0.2) is 6.10 Å². The lowest BCUT2D eigenvalue weighted by Crippen LogP contribution is -2.30. The molecule has 0 saturated carbocycles. The van der Waals surface area contributed by atoms with Gasteiger partial charge in [-0.15, -0.1) is 0 Å². The molecule has 0 aliphatic rings. The molecule has 0 aliphatic heterocycles. The van der Waals surface area contributed by atoms with Crippen molar-refractivity contribution in [3.05, 3.63) is 134 Å². The number of carbonyl (C=O) groups excluding carboxylic acids is 3. The predicted molar refractivity (Wildman–Crippen MR) is 325 cm³/mol. The van der Waals surface area contributed by atoms with Gasteiger partial charge in [-0.3, -0.25) is 23.4 Å². The lowest BCUT2D eigenvalue weighted by atomic mass is 10.1. The molecular weight excluding hydrogens is 1000 g/mol. The lowest BCUT2D eigenvalue weighted by Gasteiger charge is -2.21. The molecule has 0 spiro atoms. The Morgan fingerprint density at radius 3 is 1.05 bits per heavy atom. The molecule has 0 rings (SSSR count). The molecule has 0 aromatic rings. The van der Waals surface area contributed by atoms with Gasteiger partial charge in [-0.1, -0.05) is 206 Å². The molecule has 2 N–H and O–H groups in total. The Balaban J connectivity index is 4.87. The number of esters is 3. The van der Waals surface area contributed by atoms with Gasteiger partial charge in [0, 0.05) is 19.3 Å². The van der Waals surface area contributed by atoms with Gasteiger partial charge < -0.3 is 24.2 Å². The first-order valence-corrected chi connectivity index (χ1v) is 31.6. The Kier molecular flexibility index (Phi) is 55.5. The molecular formula is C66H107O11P. The highest BCUT2D eigenvalue weighted by Gasteiger charge is 2.28. The summed E-state index contributed by atoms with van der Waals surface area (Å²) in [5, 5.41) is 9.82. The summed E-state index contributed by atoms with van der Waals surface area (Å²) in [6.45, 7) is 4.30. The minimum absolute atomic E-state index is 0.113. The Bertz CT molecular complexity index is 1820. The molecule has 0 fully saturated rings. The number of unbranched alkanes of at least 4 members (excludes halogenated alkanes) is 15. The molecule has 0 saturated heterocycles. The quantitative estimate of drug-likeness (QED) is 0.0197. The Labute approximate surface area is 474 Å². The third-order valence-corrected chi connectivity index (χ3v) is 13.0. The number of carbonyl (C=O) groups is 3. The summed E-state index contributed by atoms with van der Waals surface area (Å²) in [6.07, 6.45) is 74.1. The molecule has 0 amide bonds. The number of hydrogen-bond donors (Lipinski definition) is 2. The van der Waals surface area contributed by atoms with E-state index in [9.17, 15) is 28.9 Å². The van der Waals surface area contributed by atoms with Crippen LogP contribution in [0.5, 0.6) is 0 Å². The normalized spacial score (nSPS) is 14.3. The van der Waals surface area contributed by atoms with Gasteiger partial charge in [0.2, 0.25) is 0 Å². The van der Waals surface area contributed by atoms with Crippen LogP contribution in [-0.2, 0) is 42.2 Å². The average molecular weight is 1110 g/mol. The molecule has 3 unspecified atom stereocenters. The summed E-state index contributed by atoms with van der Waals surface area (Å²) in [5.74, 6) is -1.56. The van der Waals surface area contributed by atoms with E-state index < -0.39 is 57.8 Å². The number of hydrogen-bond acceptors (Lipinski definition) is 10. The molecule has 0 aromatic carbocycles. The van der Waals surface area contributed by atoms with E-state index in [-0.39, 0.29) is 25.9 Å². The van der Waals surface area contributed by atoms with Crippen molar-refractivity contribution in [3.63, 3.8) is 0 Å². The zero-order valence-corrected chi connectivity index (χ0v) is 49.7. The van der Waals surface area contributed by atoms with Crippen LogP contribution in [0.15, 0.2) is 134 Å². The average Bonchev–Trinajstić information content (AvgIpc) is 3.43. The van der Waals surface area contributed by atoms with E-state index >= 15 is 0 Å². The highest BCUT2D eigenvalue weighted by atomic mass is 31.2. The van der Waals surface area contributed by atoms with Gasteiger partial charge in [-0.05, 0) is 135 Å². The summed E-state index contributed by atoms with van der Waals surface area (Å²) in [6, 6.07) is 0. The van der Waals surface area contributed by atoms with Crippen LogP contribution in [0.1, 0.15) is 226 Å². The summed E-state index contributed by atoms with van der Waals surface area (Å²) in [4.78, 5) is 48.6. The first-order chi connectivity index (χ1) is 38.2. The van der Waals surface area contributed by atoms with Gasteiger partial charge >= 0.3 is 25.7 Å². The maximum absolute atomic E-state index is 12.9. The number of aliphatic hydroxyl groups is 1. The summed E-state index contributed by atoms with van der Waals surface area (Å²) >= 11 is 0. The maximum atomic E-state index is 12.9. The number of aliphatic hydroxyl groups excluding tert-OH is 1. The molecule has 442 valence electrons. The van der Waals surface area contributed by atoms with E-state index in [1.807, 2.05) is 0 Å². The molecule has 0 aromatic heterocycles. The van der Waals surface area contributed by atoms with Crippen molar-refractivity contribution in [2.24, 2.45) is 0 Å². The fraction of sp³-hybridized carbons (Fsp3) is 0.621. The number of allylic oxidation sites excluding steroid dienone is 22. The first-order valence-electron chi connectivity index (χ1n) is 30.1. The molecule has 11 nitrogen and oxygen atoms in total. The fourth-order valence-electron chi connectivity index (χ4n) is 7.52. The van der Waals surface area contributed by atoms with E-state index in [4.69, 9.17) is 23.3 Å². The van der Waals surface area contributed by atoms with Crippen LogP contribution in [-0.4, -0.2) is 66.5 Å². The third-order valence-electron chi connectivity index (χ3n) is 12.0. The largest absolute Gasteiger partial charge is 0.472 e. The van der Waals surface area contributed by atoms with Crippen molar-refractivity contribution in [1.82, 2.24) is 0 Å². The van der Waals surface area contributed by atoms with Crippen LogP contribution in [0.2, 0.25) is 0 Å². The topological polar surface area (TPSA) is 155 Å². The fourth-order valence-corrected chi connectivity index (χ4v) is 8.30. The summed E-state index contributed by atoms with van der Waals surface area (Å²) in [5.41, 5.74) is 0. The van der Waals surface area contributed by atoms with Crippen molar-refractivity contribution < 1.29 is 52.2 Å². The van der Waals surface area contributed by atoms with Crippen LogP contribution < -0.4 is 0 Å². The van der Waals surface area contributed by atoms with Crippen LogP contribution in [0.4, 0.5) is 0 Å². The van der Waals surface area contributed by atoms with Crippen LogP contribution in [0.25, 0.3) is 0 Å². The van der Waals surface area contributed by atoms with Crippen molar-refractivity contribution in [2.45, 2.75) is 238 Å². The zero-order valence-electron chi connectivity index (χ0n) is 48.8. The van der Waals surface area contributed by atoms with Crippen molar-refractivity contribution >= 4 is 25.7 Å². The second-order valence-corrected chi connectivity index (χ2v) is 20.8. The van der Waals surface area contributed by atoms with E-state index in [1.54, 1.807) is 0 Å². The predicted octanol–water partition coefficient (Wildman–Crippen LogP) is 18.1. The van der Waals surface area contributed by atoms with Crippen LogP contribution in [0, 0.1) is 0 Å². The molecule has 78 heavy (non-hydrogen) atoms. The minimum Gasteiger partial charge on any atom is -0.462 e. The first kappa shape index (κ1) is 73.6. The van der Waals surface area contributed by atoms with E-state index in [0.29, 0.717) is 19.3 Å². The second-order valence-electron chi connectivity index (χ2n) is 19.4. The number of rotatable bonds is 54. The monoisotopic (exact) mass is 1110 g/mol. The Morgan fingerprint density at radius 1 is 0.372 bits per heavy atom. The Morgan fingerprint density at radius 2 is 0.667 bits per heavy atom. The molecule has 0 heterocycles. The molecule has 3 atom stereocenters. The highest BCUT2D eigenvalue weighted by molar-refractivity contribution is 7.47. The van der Waals surface area contributed by atoms with Crippen molar-refractivity contribution in [3.8, 4) is 0 Å². The molecule has 0 bridgehead atoms. The van der Waals surface area contributed by atoms with Gasteiger partial charge in [-0.25, -0.2) is 4.57 Å². The Hall–Kier alpha value is -4.38. The summed E-state index contributed by atoms with van der Waals surface area (Å²) in [7, 11) is -4.78. The van der Waals surface area contributed by atoms with E-state index in [0.717, 1.165) is 141 Å². The van der Waals surface area contributed by atoms with Gasteiger partial charge in [0.1, 0.15) is 12.7 Å². The van der Waals surface area contributed by atoms with E-state index in [1.165, 1.54) is 25.7 Å². The van der Waals surface area contributed by atoms with Gasteiger partial charge in [-0.2, -0.15) is 0 Å². The standard InChI is InChI=1S/C66H107O11P/c1-4-7-10-13-16-19-22-25-27-29-31-33-35-38-40-43-46-49-52-55-64(68)73-59-63(77-66(70)57-54-51-48-45-42-39-36-34-32-30-28-26-23-20-17-14-11-8-5-2)61-75-78(71,72)74-60-62(58-67)76-65(69)56-53-50-47-44-41-37-24-21-18-15-12-9-6-3/h7-8,10-11,16-17,19-21,24-28,31-34,38-40,42,62-63,67H,4-6,9,12-15,18,22-23,29-30,35-37,41,43-61H2,1-3H3,(H,71,72)/b10-7-,11-8-,19-16-,20-17-,24-21-,27-25-,28-26-,33-31-,34-32-,40-38-,42-39-. The van der Waals surface area contributed by atoms with Crippen molar-refractivity contribution in [2.75, 3.05) is 26.4 Å². The SMILES string of the molecule is CC/C=C\C/C=C\C/C=C\C/C=C\C/C=C\CCCCCC(=O)OCC(COP(=O)(O)OCC(CO)OC(=O)CCCCCCC/C=C\CCCCCC)OC(=O)CCCCC/C=C\C/C=C\C/C=C\C/C=C\C/C=C\CC. The second kappa shape index (κ2) is 58.8. The van der Waals surface area contributed by atoms with Crippen molar-refractivity contribution in [1.29, 1.82) is 0 Å². The minimum atomic E-state index is -4.78. The van der Waals surface area contributed by atoms with Crippen LogP contribution in [0.3, 0.4) is 0 Å². The zero-order chi connectivity index (χ0) is 56.9. The van der Waals surface area contributed by atoms with Crippen LogP contribution >= 0.6 is 7.82 Å². The summed E-state index contributed by atoms with van der Waals surface area (Å²) < 4.78 is 39.5. The highest BCUT2D eigenvalue weighted by Crippen LogP contribution is 2.43. The third kappa shape index (κ3) is 56.3. The van der Waals surface area contributed by atoms with Gasteiger partial charge in [0.25, 0.3) is 0 Å². The number of phosphoric ester groups is 1. The molecule has 0 radical (unpaired) electrons. The maximum Gasteiger partial charge on any atom is 0.472 e. The molecule has 12 heteroatoms. The van der Waals surface area contributed by atoms with Gasteiger partial charge in [0.05, 0.1) is 19.8 Å². The number of ether oxygens (including phenoxy) is 3.